The van der Waals surface area contributed by atoms with Crippen LogP contribution in [0.25, 0.3) is 22.2 Å². The third-order valence-electron chi connectivity index (χ3n) is 5.15. The van der Waals surface area contributed by atoms with Gasteiger partial charge in [-0.05, 0) is 34.9 Å². The number of fused-ring (bicyclic) bond motifs is 1. The molecule has 140 valence electrons. The fraction of sp³-hybridized carbons (Fsp3) is 0.130. The van der Waals surface area contributed by atoms with Crippen molar-refractivity contribution >= 4 is 10.9 Å². The number of para-hydroxylation sites is 1. The predicted octanol–water partition coefficient (Wildman–Crippen LogP) is 5.39. The van der Waals surface area contributed by atoms with Crippen LogP contribution >= 0.6 is 0 Å². The van der Waals surface area contributed by atoms with Crippen LogP contribution in [0.3, 0.4) is 0 Å². The molecule has 4 rings (SSSR count). The van der Waals surface area contributed by atoms with Gasteiger partial charge in [-0.25, -0.2) is 4.39 Å². The van der Waals surface area contributed by atoms with Gasteiger partial charge in [-0.15, -0.1) is 0 Å². The largest absolute Gasteiger partial charge is 0.343 e. The zero-order valence-electron chi connectivity index (χ0n) is 15.4. The number of benzene rings is 3. The molecule has 0 aliphatic carbocycles. The Bertz CT molecular complexity index is 1130. The van der Waals surface area contributed by atoms with Crippen molar-refractivity contribution in [3.05, 3.63) is 106 Å². The lowest BCUT2D eigenvalue weighted by atomic mass is 9.87. The highest BCUT2D eigenvalue weighted by molar-refractivity contribution is 5.93. The Hall–Kier alpha value is -3.47. The average molecular weight is 374 g/mol. The summed E-state index contributed by atoms with van der Waals surface area (Å²) in [5.41, 5.74) is 4.57. The number of hydrogen-bond acceptors (Lipinski definition) is 2. The van der Waals surface area contributed by atoms with Gasteiger partial charge in [-0.3, -0.25) is 10.1 Å². The molecule has 0 radical (unpaired) electrons. The maximum absolute atomic E-state index is 13.5. The molecule has 4 aromatic rings. The van der Waals surface area contributed by atoms with Crippen molar-refractivity contribution in [3.63, 3.8) is 0 Å². The minimum atomic E-state index is -0.489. The van der Waals surface area contributed by atoms with Crippen LogP contribution in [0.4, 0.5) is 4.39 Å². The van der Waals surface area contributed by atoms with E-state index in [-0.39, 0.29) is 17.3 Å². The molecule has 0 bridgehead atoms. The maximum atomic E-state index is 13.5. The highest BCUT2D eigenvalue weighted by Crippen LogP contribution is 2.40. The van der Waals surface area contributed by atoms with E-state index in [9.17, 15) is 14.5 Å². The minimum absolute atomic E-state index is 0.264. The summed E-state index contributed by atoms with van der Waals surface area (Å²) in [5.74, 6) is -0.846. The third kappa shape index (κ3) is 3.16. The fourth-order valence-electron chi connectivity index (χ4n) is 3.93. The van der Waals surface area contributed by atoms with Crippen molar-refractivity contribution in [2.45, 2.75) is 5.92 Å². The smallest absolute Gasteiger partial charge is 0.214 e. The second-order valence-electron chi connectivity index (χ2n) is 6.82. The van der Waals surface area contributed by atoms with E-state index in [4.69, 9.17) is 0 Å². The first-order valence-electron chi connectivity index (χ1n) is 9.06. The number of hydrogen-bond donors (Lipinski definition) is 0. The molecule has 3 aromatic carbocycles. The normalized spacial score (nSPS) is 12.2. The van der Waals surface area contributed by atoms with Crippen LogP contribution in [0.2, 0.25) is 0 Å². The Kier molecular flexibility index (Phi) is 4.65. The molecule has 28 heavy (non-hydrogen) atoms. The zero-order valence-corrected chi connectivity index (χ0v) is 15.4. The molecule has 1 aromatic heterocycles. The predicted molar refractivity (Wildman–Crippen MR) is 108 cm³/mol. The van der Waals surface area contributed by atoms with Gasteiger partial charge in [0.25, 0.3) is 0 Å². The number of nitrogens with zero attached hydrogens (tertiary/aromatic N) is 2. The van der Waals surface area contributed by atoms with Crippen molar-refractivity contribution < 1.29 is 9.31 Å². The summed E-state index contributed by atoms with van der Waals surface area (Å²) in [6.07, 6.45) is 0. The molecule has 0 amide bonds. The second-order valence-corrected chi connectivity index (χ2v) is 6.82. The zero-order chi connectivity index (χ0) is 19.7. The Labute approximate surface area is 162 Å². The van der Waals surface area contributed by atoms with E-state index >= 15 is 0 Å². The van der Waals surface area contributed by atoms with Crippen molar-refractivity contribution in [3.8, 4) is 11.3 Å². The summed E-state index contributed by atoms with van der Waals surface area (Å²) < 4.78 is 15.6. The molecule has 0 spiro atoms. The molecule has 0 N–H and O–H groups in total. The maximum Gasteiger partial charge on any atom is 0.214 e. The highest BCUT2D eigenvalue weighted by Gasteiger charge is 2.28. The van der Waals surface area contributed by atoms with E-state index in [1.165, 1.54) is 12.1 Å². The molecule has 1 unspecified atom stereocenters. The van der Waals surface area contributed by atoms with Gasteiger partial charge in [0.15, 0.2) is 0 Å². The lowest BCUT2D eigenvalue weighted by molar-refractivity contribution is -0.481. The number of halogens is 1. The molecule has 4 nitrogen and oxygen atoms in total. The number of aryl methyl sites for hydroxylation is 1. The Balaban J connectivity index is 2.04. The van der Waals surface area contributed by atoms with E-state index < -0.39 is 5.92 Å². The second kappa shape index (κ2) is 7.27. The lowest BCUT2D eigenvalue weighted by Gasteiger charge is -2.17. The lowest BCUT2D eigenvalue weighted by Crippen LogP contribution is -2.15. The molecule has 0 saturated heterocycles. The van der Waals surface area contributed by atoms with Crippen molar-refractivity contribution in [2.24, 2.45) is 7.05 Å². The minimum Gasteiger partial charge on any atom is -0.343 e. The molecule has 0 saturated carbocycles. The first-order chi connectivity index (χ1) is 13.6. The molecular weight excluding hydrogens is 355 g/mol. The SMILES string of the molecule is Cn1c(-c2ccccc2)c(C(C[N+](=O)[O-])c2ccc(F)cc2)c2ccccc21. The molecule has 0 aliphatic rings. The summed E-state index contributed by atoms with van der Waals surface area (Å²) in [4.78, 5) is 11.2. The van der Waals surface area contributed by atoms with E-state index in [1.54, 1.807) is 12.1 Å². The Morgan fingerprint density at radius 2 is 1.61 bits per heavy atom. The first-order valence-corrected chi connectivity index (χ1v) is 9.06. The molecule has 0 aliphatic heterocycles. The molecule has 5 heteroatoms. The van der Waals surface area contributed by atoms with Crippen LogP contribution in [-0.2, 0) is 7.05 Å². The Morgan fingerprint density at radius 3 is 2.29 bits per heavy atom. The number of rotatable bonds is 5. The molecule has 0 fully saturated rings. The molecule has 1 heterocycles. The van der Waals surface area contributed by atoms with Gasteiger partial charge in [-0.2, -0.15) is 0 Å². The summed E-state index contributed by atoms with van der Waals surface area (Å²) in [7, 11) is 1.97. The summed E-state index contributed by atoms with van der Waals surface area (Å²) in [6, 6.07) is 23.8. The van der Waals surface area contributed by atoms with Gasteiger partial charge in [0.05, 0.1) is 11.6 Å². The van der Waals surface area contributed by atoms with Gasteiger partial charge in [-0.1, -0.05) is 60.7 Å². The standard InChI is InChI=1S/C23H19FN2O2/c1-25-21-10-6-5-9-19(21)22(23(25)17-7-3-2-4-8-17)20(15-26(27)28)16-11-13-18(24)14-12-16/h2-14,20H,15H2,1H3. The van der Waals surface area contributed by atoms with Crippen LogP contribution in [0.1, 0.15) is 17.0 Å². The van der Waals surface area contributed by atoms with Crippen molar-refractivity contribution in [2.75, 3.05) is 6.54 Å². The number of aromatic nitrogens is 1. The quantitative estimate of drug-likeness (QED) is 0.347. The van der Waals surface area contributed by atoms with Crippen LogP contribution in [0.5, 0.6) is 0 Å². The van der Waals surface area contributed by atoms with Crippen LogP contribution < -0.4 is 0 Å². The van der Waals surface area contributed by atoms with Gasteiger partial charge < -0.3 is 4.57 Å². The average Bonchev–Trinajstić information content (AvgIpc) is 3.00. The highest BCUT2D eigenvalue weighted by atomic mass is 19.1. The van der Waals surface area contributed by atoms with Crippen molar-refractivity contribution in [1.82, 2.24) is 4.57 Å². The van der Waals surface area contributed by atoms with E-state index in [1.807, 2.05) is 61.6 Å². The Morgan fingerprint density at radius 1 is 0.964 bits per heavy atom. The summed E-state index contributed by atoms with van der Waals surface area (Å²) >= 11 is 0. The van der Waals surface area contributed by atoms with Gasteiger partial charge in [0.1, 0.15) is 5.82 Å². The van der Waals surface area contributed by atoms with E-state index in [0.29, 0.717) is 0 Å². The topological polar surface area (TPSA) is 48.1 Å². The molecule has 1 atom stereocenters. The summed E-state index contributed by atoms with van der Waals surface area (Å²) in [6.45, 7) is -0.264. The van der Waals surface area contributed by atoms with Gasteiger partial charge >= 0.3 is 0 Å². The van der Waals surface area contributed by atoms with Gasteiger partial charge in [0, 0.05) is 22.9 Å². The van der Waals surface area contributed by atoms with Crippen molar-refractivity contribution in [1.29, 1.82) is 0 Å². The van der Waals surface area contributed by atoms with E-state index in [2.05, 4.69) is 4.57 Å². The molecular formula is C23H19FN2O2. The van der Waals surface area contributed by atoms with E-state index in [0.717, 1.165) is 33.3 Å². The third-order valence-corrected chi connectivity index (χ3v) is 5.15. The summed E-state index contributed by atoms with van der Waals surface area (Å²) in [5, 5.41) is 12.5. The first kappa shape index (κ1) is 17.9. The number of nitro groups is 1. The van der Waals surface area contributed by atoms with Crippen LogP contribution in [0, 0.1) is 15.9 Å². The van der Waals surface area contributed by atoms with Gasteiger partial charge in [0.2, 0.25) is 6.54 Å². The van der Waals surface area contributed by atoms with Crippen LogP contribution in [-0.4, -0.2) is 16.0 Å². The van der Waals surface area contributed by atoms with Crippen LogP contribution in [0.15, 0.2) is 78.9 Å². The monoisotopic (exact) mass is 374 g/mol. The fourth-order valence-corrected chi connectivity index (χ4v) is 3.93.